The molecule has 0 aromatic carbocycles. The molecule has 0 atom stereocenters. The van der Waals surface area contributed by atoms with E-state index in [4.69, 9.17) is 0 Å². The fraction of sp³-hybridized carbons (Fsp3) is 0.833. The monoisotopic (exact) mass is 308 g/mol. The van der Waals surface area contributed by atoms with E-state index in [1.165, 1.54) is 19.3 Å². The molecule has 0 aliphatic carbocycles. The minimum absolute atomic E-state index is 0.112. The summed E-state index contributed by atoms with van der Waals surface area (Å²) in [6.45, 7) is 0.112. The Morgan fingerprint density at radius 1 is 0.636 bits per heavy atom. The average molecular weight is 308 g/mol. The number of nitrogens with zero attached hydrogens (tertiary/aromatic N) is 1. The van der Waals surface area contributed by atoms with Gasteiger partial charge in [-0.3, -0.25) is 14.9 Å². The lowest BCUT2D eigenvalue weighted by molar-refractivity contribution is -0.480. The highest BCUT2D eigenvalue weighted by Gasteiger charge is 1.96. The summed E-state index contributed by atoms with van der Waals surface area (Å²) in [5.74, 6) is 6.45. The molecule has 0 amide bonds. The predicted molar refractivity (Wildman–Crippen MR) is 90.0 cm³/mol. The molecular formula is C18H30NO3. The van der Waals surface area contributed by atoms with Crippen LogP contribution in [0.5, 0.6) is 0 Å². The van der Waals surface area contributed by atoms with Gasteiger partial charge in [0.1, 0.15) is 0 Å². The molecule has 0 fully saturated rings. The number of carbonyl (C=O) groups excluding carboxylic acids is 1. The number of hydrogen-bond acceptors (Lipinski definition) is 3. The summed E-state index contributed by atoms with van der Waals surface area (Å²) in [7, 11) is 0. The zero-order valence-electron chi connectivity index (χ0n) is 13.8. The Morgan fingerprint density at radius 3 is 1.50 bits per heavy atom. The Hall–Kier alpha value is -1.37. The number of hydrogen-bond donors (Lipinski definition) is 0. The molecule has 0 bridgehead atoms. The summed E-state index contributed by atoms with van der Waals surface area (Å²) in [4.78, 5) is 19.9. The van der Waals surface area contributed by atoms with Crippen LogP contribution in [-0.4, -0.2) is 17.8 Å². The third kappa shape index (κ3) is 18.6. The first kappa shape index (κ1) is 20.6. The molecule has 0 aliphatic rings. The lowest BCUT2D eigenvalue weighted by Gasteiger charge is -1.98. The van der Waals surface area contributed by atoms with Crippen LogP contribution in [0, 0.1) is 22.0 Å². The Kier molecular flexibility index (Phi) is 16.6. The first-order valence-electron chi connectivity index (χ1n) is 8.70. The highest BCUT2D eigenvalue weighted by atomic mass is 16.6. The van der Waals surface area contributed by atoms with Gasteiger partial charge >= 0.3 is 0 Å². The van der Waals surface area contributed by atoms with Crippen molar-refractivity contribution in [3.63, 3.8) is 0 Å². The second-order valence-corrected chi connectivity index (χ2v) is 5.69. The molecule has 0 saturated heterocycles. The molecule has 0 unspecified atom stereocenters. The molecule has 1 radical (unpaired) electrons. The smallest absolute Gasteiger partial charge is 0.203 e. The molecule has 0 aromatic heterocycles. The Labute approximate surface area is 135 Å². The first-order chi connectivity index (χ1) is 10.8. The standard InChI is InChI=1S/C18H30NO3/c20-18-16-14-12-10-8-6-4-2-1-3-5-7-9-11-13-15-17-19(21)22/h3-17H2. The highest BCUT2D eigenvalue weighted by Crippen LogP contribution is 2.08. The van der Waals surface area contributed by atoms with E-state index in [1.807, 2.05) is 6.29 Å². The van der Waals surface area contributed by atoms with E-state index in [0.717, 1.165) is 57.8 Å². The van der Waals surface area contributed by atoms with Crippen LogP contribution in [0.3, 0.4) is 0 Å². The van der Waals surface area contributed by atoms with Gasteiger partial charge in [0, 0.05) is 30.6 Å². The normalized spacial score (nSPS) is 10.0. The second kappa shape index (κ2) is 17.7. The van der Waals surface area contributed by atoms with Gasteiger partial charge in [-0.25, -0.2) is 0 Å². The quantitative estimate of drug-likeness (QED) is 0.188. The van der Waals surface area contributed by atoms with Crippen LogP contribution < -0.4 is 0 Å². The minimum atomic E-state index is -0.237. The molecule has 0 saturated carbocycles. The molecule has 0 spiro atoms. The SMILES string of the molecule is O=[C]CCCCCCCC#CCCCCCCCC[N+](=O)[O-]. The third-order valence-corrected chi connectivity index (χ3v) is 3.60. The number of unbranched alkanes of at least 4 members (excludes halogenated alkanes) is 12. The van der Waals surface area contributed by atoms with Gasteiger partial charge in [-0.2, -0.15) is 0 Å². The Morgan fingerprint density at radius 2 is 1.05 bits per heavy atom. The second-order valence-electron chi connectivity index (χ2n) is 5.69. The lowest BCUT2D eigenvalue weighted by atomic mass is 10.1. The van der Waals surface area contributed by atoms with Crippen LogP contribution in [0.2, 0.25) is 0 Å². The van der Waals surface area contributed by atoms with Crippen LogP contribution in [0.25, 0.3) is 0 Å². The molecule has 0 N–H and O–H groups in total. The Balaban J connectivity index is 3.12. The predicted octanol–water partition coefficient (Wildman–Crippen LogP) is 4.84. The lowest BCUT2D eigenvalue weighted by Crippen LogP contribution is -1.99. The van der Waals surface area contributed by atoms with Crippen LogP contribution in [-0.2, 0) is 4.79 Å². The molecule has 22 heavy (non-hydrogen) atoms. The van der Waals surface area contributed by atoms with Crippen molar-refractivity contribution < 1.29 is 9.72 Å². The van der Waals surface area contributed by atoms with Crippen molar-refractivity contribution >= 4 is 6.29 Å². The average Bonchev–Trinajstić information content (AvgIpc) is 2.50. The zero-order valence-corrected chi connectivity index (χ0v) is 13.8. The summed E-state index contributed by atoms with van der Waals surface area (Å²) >= 11 is 0. The van der Waals surface area contributed by atoms with Gasteiger partial charge < -0.3 is 0 Å². The van der Waals surface area contributed by atoms with Crippen LogP contribution in [0.15, 0.2) is 0 Å². The van der Waals surface area contributed by atoms with E-state index < -0.39 is 0 Å². The van der Waals surface area contributed by atoms with E-state index in [1.54, 1.807) is 0 Å². The molecule has 0 heterocycles. The van der Waals surface area contributed by atoms with Gasteiger partial charge in [0.05, 0.1) is 0 Å². The van der Waals surface area contributed by atoms with E-state index in [0.29, 0.717) is 12.8 Å². The van der Waals surface area contributed by atoms with Gasteiger partial charge in [0.15, 0.2) is 6.29 Å². The maximum atomic E-state index is 10.1. The number of rotatable bonds is 15. The van der Waals surface area contributed by atoms with Crippen LogP contribution in [0.1, 0.15) is 89.9 Å². The fourth-order valence-corrected chi connectivity index (χ4v) is 2.28. The summed E-state index contributed by atoms with van der Waals surface area (Å²) in [5.41, 5.74) is 0. The largest absolute Gasteiger partial charge is 0.291 e. The van der Waals surface area contributed by atoms with Crippen molar-refractivity contribution in [2.24, 2.45) is 0 Å². The maximum absolute atomic E-state index is 10.1. The van der Waals surface area contributed by atoms with E-state index in [9.17, 15) is 14.9 Å². The summed E-state index contributed by atoms with van der Waals surface area (Å²) in [6, 6.07) is 0. The first-order valence-corrected chi connectivity index (χ1v) is 8.70. The highest BCUT2D eigenvalue weighted by molar-refractivity contribution is 5.50. The zero-order chi connectivity index (χ0) is 16.3. The van der Waals surface area contributed by atoms with Gasteiger partial charge in [0.2, 0.25) is 6.54 Å². The molecule has 4 nitrogen and oxygen atoms in total. The molecule has 0 aliphatic heterocycles. The maximum Gasteiger partial charge on any atom is 0.203 e. The Bertz CT molecular complexity index is 331. The number of nitro groups is 1. The van der Waals surface area contributed by atoms with Crippen molar-refractivity contribution in [3.8, 4) is 11.8 Å². The molecular weight excluding hydrogens is 278 g/mol. The topological polar surface area (TPSA) is 60.2 Å². The summed E-state index contributed by atoms with van der Waals surface area (Å²) < 4.78 is 0. The van der Waals surface area contributed by atoms with Crippen molar-refractivity contribution in [1.82, 2.24) is 0 Å². The van der Waals surface area contributed by atoms with E-state index >= 15 is 0 Å². The van der Waals surface area contributed by atoms with E-state index in [2.05, 4.69) is 11.8 Å². The van der Waals surface area contributed by atoms with Gasteiger partial charge in [0.25, 0.3) is 0 Å². The van der Waals surface area contributed by atoms with Crippen LogP contribution >= 0.6 is 0 Å². The summed E-state index contributed by atoms with van der Waals surface area (Å²) in [6.07, 6.45) is 16.4. The summed E-state index contributed by atoms with van der Waals surface area (Å²) in [5, 5.41) is 10.1. The van der Waals surface area contributed by atoms with Crippen molar-refractivity contribution in [1.29, 1.82) is 0 Å². The van der Waals surface area contributed by atoms with Crippen molar-refractivity contribution in [2.45, 2.75) is 89.9 Å². The van der Waals surface area contributed by atoms with E-state index in [-0.39, 0.29) is 11.5 Å². The molecule has 125 valence electrons. The molecule has 0 rings (SSSR count). The fourth-order valence-electron chi connectivity index (χ4n) is 2.28. The minimum Gasteiger partial charge on any atom is -0.291 e. The van der Waals surface area contributed by atoms with Crippen molar-refractivity contribution in [3.05, 3.63) is 10.1 Å². The van der Waals surface area contributed by atoms with Gasteiger partial charge in [-0.15, -0.1) is 11.8 Å². The molecule has 0 aromatic rings. The van der Waals surface area contributed by atoms with Gasteiger partial charge in [-0.1, -0.05) is 38.5 Å². The third-order valence-electron chi connectivity index (χ3n) is 3.60. The molecule has 4 heteroatoms. The van der Waals surface area contributed by atoms with Gasteiger partial charge in [-0.05, 0) is 25.7 Å². The van der Waals surface area contributed by atoms with Crippen molar-refractivity contribution in [2.75, 3.05) is 6.54 Å². The van der Waals surface area contributed by atoms with Crippen LogP contribution in [0.4, 0.5) is 0 Å².